The number of aromatic nitrogens is 1. The first-order valence-electron chi connectivity index (χ1n) is 12.1. The van der Waals surface area contributed by atoms with Crippen LogP contribution in [-0.4, -0.2) is 35.3 Å². The van der Waals surface area contributed by atoms with Crippen molar-refractivity contribution in [3.05, 3.63) is 110 Å². The number of benzene rings is 3. The highest BCUT2D eigenvalue weighted by Gasteiger charge is 2.19. The van der Waals surface area contributed by atoms with Gasteiger partial charge in [-0.15, -0.1) is 12.4 Å². The van der Waals surface area contributed by atoms with Gasteiger partial charge in [0.05, 0.1) is 22.2 Å². The molecule has 212 valence electrons. The number of ether oxygens (including phenoxy) is 1. The van der Waals surface area contributed by atoms with Crippen LogP contribution < -0.4 is 15.0 Å². The number of fused-ring (bicyclic) bond motifs is 1. The monoisotopic (exact) mass is 614 g/mol. The van der Waals surface area contributed by atoms with Crippen molar-refractivity contribution in [2.24, 2.45) is 0 Å². The number of nitrogens with one attached hydrogen (secondary N) is 1. The van der Waals surface area contributed by atoms with Gasteiger partial charge >= 0.3 is 0 Å². The largest absolute Gasteiger partial charge is 0.487 e. The lowest BCUT2D eigenvalue weighted by atomic mass is 10.1. The molecule has 41 heavy (non-hydrogen) atoms. The Morgan fingerprint density at radius 1 is 1.07 bits per heavy atom. The van der Waals surface area contributed by atoms with Crippen molar-refractivity contribution in [1.82, 2.24) is 10.3 Å². The molecule has 1 N–H and O–H groups in total. The number of nitro groups is 1. The Kier molecular flexibility index (Phi) is 10.7. The number of nitrogens with zero attached hydrogens (tertiary/aromatic N) is 3. The quantitative estimate of drug-likeness (QED) is 0.130. The number of likely N-dealkylation sites (N-methyl/N-ethyl adjacent to an activating group) is 1. The minimum absolute atomic E-state index is 0. The molecule has 0 saturated heterocycles. The molecule has 0 unspecified atom stereocenters. The highest BCUT2D eigenvalue weighted by molar-refractivity contribution is 6.38. The average molecular weight is 616 g/mol. The smallest absolute Gasteiger partial charge is 0.269 e. The fraction of sp³-hybridized carbons (Fsp3) is 0.138. The lowest BCUT2D eigenvalue weighted by molar-refractivity contribution is -0.384. The first-order valence-corrected chi connectivity index (χ1v) is 12.8. The van der Waals surface area contributed by atoms with Gasteiger partial charge in [0.15, 0.2) is 0 Å². The summed E-state index contributed by atoms with van der Waals surface area (Å²) in [4.78, 5) is 41.2. The molecule has 2 amide bonds. The van der Waals surface area contributed by atoms with Crippen molar-refractivity contribution in [2.45, 2.75) is 13.5 Å². The van der Waals surface area contributed by atoms with Crippen molar-refractivity contribution in [2.75, 3.05) is 18.5 Å². The number of hydrogen-bond acceptors (Lipinski definition) is 6. The molecule has 1 aromatic heterocycles. The number of anilines is 1. The van der Waals surface area contributed by atoms with E-state index in [1.54, 1.807) is 19.2 Å². The molecule has 0 aliphatic rings. The van der Waals surface area contributed by atoms with Crippen LogP contribution in [0.2, 0.25) is 10.0 Å². The summed E-state index contributed by atoms with van der Waals surface area (Å²) in [6.45, 7) is 1.66. The molecule has 0 bridgehead atoms. The summed E-state index contributed by atoms with van der Waals surface area (Å²) < 4.78 is 6.04. The van der Waals surface area contributed by atoms with Crippen LogP contribution in [0.5, 0.6) is 5.75 Å². The summed E-state index contributed by atoms with van der Waals surface area (Å²) in [7, 11) is 1.54. The zero-order valence-electron chi connectivity index (χ0n) is 22.0. The summed E-state index contributed by atoms with van der Waals surface area (Å²) in [6.07, 6.45) is 2.73. The molecule has 0 radical (unpaired) electrons. The van der Waals surface area contributed by atoms with Gasteiger partial charge in [0.1, 0.15) is 17.9 Å². The molecule has 0 aliphatic heterocycles. The van der Waals surface area contributed by atoms with E-state index in [9.17, 15) is 19.7 Å². The molecule has 12 heteroatoms. The van der Waals surface area contributed by atoms with Crippen LogP contribution in [0.25, 0.3) is 17.0 Å². The number of carbonyl (C=O) groups is 2. The second kappa shape index (κ2) is 13.9. The van der Waals surface area contributed by atoms with Crippen LogP contribution in [0.3, 0.4) is 0 Å². The Morgan fingerprint density at radius 2 is 1.80 bits per heavy atom. The number of amides is 2. The summed E-state index contributed by atoms with van der Waals surface area (Å²) >= 11 is 13.1. The van der Waals surface area contributed by atoms with E-state index >= 15 is 0 Å². The maximum absolute atomic E-state index is 12.8. The maximum Gasteiger partial charge on any atom is 0.269 e. The van der Waals surface area contributed by atoms with Crippen LogP contribution in [0.4, 0.5) is 11.4 Å². The van der Waals surface area contributed by atoms with E-state index in [-0.39, 0.29) is 36.3 Å². The van der Waals surface area contributed by atoms with Crippen molar-refractivity contribution in [3.8, 4) is 5.75 Å². The van der Waals surface area contributed by atoms with Gasteiger partial charge in [0.25, 0.3) is 5.69 Å². The Balaban J connectivity index is 0.00000462. The van der Waals surface area contributed by atoms with E-state index in [2.05, 4.69) is 10.3 Å². The number of carbonyl (C=O) groups excluding carboxylic acids is 2. The van der Waals surface area contributed by atoms with Gasteiger partial charge in [0.2, 0.25) is 11.8 Å². The molecule has 1 heterocycles. The topological polar surface area (TPSA) is 115 Å². The van der Waals surface area contributed by atoms with Gasteiger partial charge in [-0.25, -0.2) is 4.98 Å². The van der Waals surface area contributed by atoms with Crippen LogP contribution in [-0.2, 0) is 16.2 Å². The fourth-order valence-corrected chi connectivity index (χ4v) is 4.42. The third-order valence-corrected chi connectivity index (χ3v) is 6.82. The van der Waals surface area contributed by atoms with Crippen LogP contribution in [0.15, 0.2) is 72.8 Å². The van der Waals surface area contributed by atoms with E-state index in [4.69, 9.17) is 27.9 Å². The van der Waals surface area contributed by atoms with E-state index < -0.39 is 16.7 Å². The summed E-state index contributed by atoms with van der Waals surface area (Å²) in [5.41, 5.74) is 3.03. The molecule has 4 rings (SSSR count). The first kappa shape index (κ1) is 31.3. The van der Waals surface area contributed by atoms with Crippen LogP contribution in [0.1, 0.15) is 16.8 Å². The van der Waals surface area contributed by atoms with E-state index in [0.717, 1.165) is 16.6 Å². The molecular weight excluding hydrogens is 591 g/mol. The molecule has 0 aliphatic carbocycles. The predicted octanol–water partition coefficient (Wildman–Crippen LogP) is 6.55. The van der Waals surface area contributed by atoms with Crippen molar-refractivity contribution in [3.63, 3.8) is 0 Å². The SMILES string of the molecule is Cc1ccc2cccc(OCc3c(Cl)ccc(N(C)C(=O)CNC(=O)/C=C/c4ccc([N+](=O)[O-])cc4)c3Cl)c2n1.Cl. The first-order chi connectivity index (χ1) is 19.1. The number of aryl methyl sites for hydroxylation is 1. The number of pyridine rings is 1. The van der Waals surface area contributed by atoms with Crippen LogP contribution in [0, 0.1) is 17.0 Å². The van der Waals surface area contributed by atoms with Crippen molar-refractivity contribution >= 4 is 75.8 Å². The Hall–Kier alpha value is -4.18. The zero-order chi connectivity index (χ0) is 28.8. The molecule has 9 nitrogen and oxygen atoms in total. The Labute approximate surface area is 252 Å². The molecular formula is C29H25Cl3N4O5. The number of non-ortho nitro benzene ring substituents is 1. The van der Waals surface area contributed by atoms with Gasteiger partial charge in [-0.1, -0.05) is 41.4 Å². The molecule has 4 aromatic rings. The van der Waals surface area contributed by atoms with E-state index in [0.29, 0.717) is 27.6 Å². The predicted molar refractivity (Wildman–Crippen MR) is 163 cm³/mol. The second-order valence-corrected chi connectivity index (χ2v) is 9.57. The maximum atomic E-state index is 12.8. The van der Waals surface area contributed by atoms with E-state index in [1.165, 1.54) is 41.3 Å². The molecule has 0 fully saturated rings. The van der Waals surface area contributed by atoms with Gasteiger partial charge in [-0.3, -0.25) is 19.7 Å². The van der Waals surface area contributed by atoms with Gasteiger partial charge in [-0.05, 0) is 55.0 Å². The third-order valence-electron chi connectivity index (χ3n) is 6.04. The van der Waals surface area contributed by atoms with E-state index in [1.807, 2.05) is 37.3 Å². The molecule has 0 atom stereocenters. The number of rotatable bonds is 9. The molecule has 3 aromatic carbocycles. The number of nitro benzene ring substituents is 1. The van der Waals surface area contributed by atoms with Gasteiger partial charge in [-0.2, -0.15) is 0 Å². The van der Waals surface area contributed by atoms with Crippen LogP contribution >= 0.6 is 35.6 Å². The van der Waals surface area contributed by atoms with Gasteiger partial charge in [0, 0.05) is 46.9 Å². The summed E-state index contributed by atoms with van der Waals surface area (Å²) in [5.74, 6) is -0.343. The highest BCUT2D eigenvalue weighted by atomic mass is 35.5. The molecule has 0 spiro atoms. The summed E-state index contributed by atoms with van der Waals surface area (Å²) in [6, 6.07) is 18.5. The minimum Gasteiger partial charge on any atom is -0.487 e. The summed E-state index contributed by atoms with van der Waals surface area (Å²) in [5, 5.41) is 14.8. The number of hydrogen-bond donors (Lipinski definition) is 1. The Bertz CT molecular complexity index is 1630. The third kappa shape index (κ3) is 7.73. The highest BCUT2D eigenvalue weighted by Crippen LogP contribution is 2.35. The number of para-hydroxylation sites is 1. The lowest BCUT2D eigenvalue weighted by Gasteiger charge is -2.21. The fourth-order valence-electron chi connectivity index (χ4n) is 3.81. The number of halogens is 3. The zero-order valence-corrected chi connectivity index (χ0v) is 24.3. The van der Waals surface area contributed by atoms with Crippen molar-refractivity contribution in [1.29, 1.82) is 0 Å². The Morgan fingerprint density at radius 3 is 2.51 bits per heavy atom. The molecule has 0 saturated carbocycles. The minimum atomic E-state index is -0.505. The lowest BCUT2D eigenvalue weighted by Crippen LogP contribution is -2.37. The average Bonchev–Trinajstić information content (AvgIpc) is 2.94. The normalized spacial score (nSPS) is 10.7. The standard InChI is InChI=1S/C29H24Cl2N4O5.ClH/c1-18-6-10-20-4-3-5-25(29(20)33-18)40-17-22-23(30)13-14-24(28(22)31)34(2)27(37)16-32-26(36)15-9-19-7-11-21(12-8-19)35(38)39;/h3-15H,16-17H2,1-2H3,(H,32,36);1H/b15-9+;. The van der Waals surface area contributed by atoms with Crippen molar-refractivity contribution < 1.29 is 19.2 Å². The van der Waals surface area contributed by atoms with Gasteiger partial charge < -0.3 is 15.0 Å². The second-order valence-electron chi connectivity index (χ2n) is 8.78.